The number of hydrogen-bond donors (Lipinski definition) is 3. The zero-order chi connectivity index (χ0) is 22.5. The summed E-state index contributed by atoms with van der Waals surface area (Å²) in [6.45, 7) is 3.29. The topological polar surface area (TPSA) is 114 Å². The van der Waals surface area contributed by atoms with Gasteiger partial charge in [-0.15, -0.1) is 0 Å². The van der Waals surface area contributed by atoms with Crippen molar-refractivity contribution in [2.75, 3.05) is 31.7 Å². The fourth-order valence-corrected chi connectivity index (χ4v) is 3.75. The number of carbonyl (C=O) groups excluding carboxylic acids is 1. The third-order valence-electron chi connectivity index (χ3n) is 5.33. The number of hydrogen-bond acceptors (Lipinski definition) is 7. The minimum atomic E-state index is -0.528. The molecule has 1 aromatic carbocycles. The first-order valence-corrected chi connectivity index (χ1v) is 10.5. The van der Waals surface area contributed by atoms with Crippen LogP contribution in [0.1, 0.15) is 35.1 Å². The predicted octanol–water partition coefficient (Wildman–Crippen LogP) is 2.60. The number of aryl methyl sites for hydroxylation is 1. The van der Waals surface area contributed by atoms with Crippen LogP contribution >= 0.6 is 0 Å². The average molecular weight is 440 g/mol. The van der Waals surface area contributed by atoms with E-state index in [2.05, 4.69) is 25.6 Å². The molecule has 168 valence electrons. The van der Waals surface area contributed by atoms with Gasteiger partial charge in [0.05, 0.1) is 24.7 Å². The molecule has 4 rings (SSSR count). The summed E-state index contributed by atoms with van der Waals surface area (Å²) in [5, 5.41) is 14.4. The van der Waals surface area contributed by atoms with Crippen LogP contribution in [0.5, 0.6) is 0 Å². The van der Waals surface area contributed by atoms with Crippen molar-refractivity contribution >= 4 is 17.5 Å². The summed E-state index contributed by atoms with van der Waals surface area (Å²) in [6.07, 6.45) is 4.44. The minimum Gasteiger partial charge on any atom is -0.395 e. The van der Waals surface area contributed by atoms with Crippen LogP contribution < -0.4 is 10.6 Å². The van der Waals surface area contributed by atoms with Crippen LogP contribution in [0.4, 0.5) is 16.0 Å². The Morgan fingerprint density at radius 1 is 1.22 bits per heavy atom. The Hall–Kier alpha value is -3.37. The molecule has 32 heavy (non-hydrogen) atoms. The number of aliphatic hydroxyl groups is 1. The first-order chi connectivity index (χ1) is 15.6. The van der Waals surface area contributed by atoms with Gasteiger partial charge in [0.1, 0.15) is 11.5 Å². The van der Waals surface area contributed by atoms with Crippen molar-refractivity contribution in [3.63, 3.8) is 0 Å². The van der Waals surface area contributed by atoms with Gasteiger partial charge in [0.15, 0.2) is 5.82 Å². The highest BCUT2D eigenvalue weighted by Gasteiger charge is 2.23. The minimum absolute atomic E-state index is 0.122. The molecule has 0 spiro atoms. The molecule has 1 saturated heterocycles. The molecule has 0 radical (unpaired) electrons. The number of amides is 1. The summed E-state index contributed by atoms with van der Waals surface area (Å²) in [5.74, 6) is 0.230. The highest BCUT2D eigenvalue weighted by atomic mass is 19.1. The number of aromatic nitrogens is 4. The van der Waals surface area contributed by atoms with Crippen LogP contribution in [0, 0.1) is 12.7 Å². The molecule has 3 heterocycles. The molecule has 0 bridgehead atoms. The van der Waals surface area contributed by atoms with Crippen molar-refractivity contribution < 1.29 is 19.0 Å². The van der Waals surface area contributed by atoms with Gasteiger partial charge in [-0.25, -0.2) is 19.3 Å². The van der Waals surface area contributed by atoms with Crippen LogP contribution in [0.2, 0.25) is 0 Å². The second-order valence-electron chi connectivity index (χ2n) is 7.48. The lowest BCUT2D eigenvalue weighted by atomic mass is 10.1. The van der Waals surface area contributed by atoms with E-state index in [0.717, 1.165) is 24.9 Å². The van der Waals surface area contributed by atoms with Crippen LogP contribution in [0.25, 0.3) is 11.4 Å². The van der Waals surface area contributed by atoms with E-state index in [4.69, 9.17) is 9.84 Å². The van der Waals surface area contributed by atoms with E-state index in [1.54, 1.807) is 30.5 Å². The molecule has 1 aliphatic rings. The zero-order valence-electron chi connectivity index (χ0n) is 17.7. The molecule has 0 unspecified atom stereocenters. The lowest BCUT2D eigenvalue weighted by Crippen LogP contribution is -2.26. The molecule has 10 heteroatoms. The van der Waals surface area contributed by atoms with Gasteiger partial charge in [-0.2, -0.15) is 0 Å². The Balaban J connectivity index is 1.56. The number of nitrogens with zero attached hydrogens (tertiary/aromatic N) is 4. The number of nitrogens with one attached hydrogen (secondary N) is 2. The Morgan fingerprint density at radius 3 is 2.69 bits per heavy atom. The predicted molar refractivity (Wildman–Crippen MR) is 116 cm³/mol. The molecule has 9 nitrogen and oxygen atoms in total. The monoisotopic (exact) mass is 440 g/mol. The zero-order valence-corrected chi connectivity index (χ0v) is 17.7. The number of aliphatic hydroxyl groups excluding tert-OH is 1. The van der Waals surface area contributed by atoms with Gasteiger partial charge in [0.25, 0.3) is 5.91 Å². The van der Waals surface area contributed by atoms with Crippen LogP contribution in [-0.2, 0) is 4.74 Å². The van der Waals surface area contributed by atoms with E-state index in [-0.39, 0.29) is 36.7 Å². The maximum atomic E-state index is 14.7. The third kappa shape index (κ3) is 4.76. The Labute approximate surface area is 184 Å². The van der Waals surface area contributed by atoms with Crippen molar-refractivity contribution in [1.29, 1.82) is 0 Å². The molecule has 0 atom stereocenters. The summed E-state index contributed by atoms with van der Waals surface area (Å²) in [7, 11) is 0. The van der Waals surface area contributed by atoms with Gasteiger partial charge >= 0.3 is 0 Å². The molecule has 1 amide bonds. The van der Waals surface area contributed by atoms with E-state index in [1.807, 2.05) is 11.5 Å². The molecule has 3 aromatic rings. The smallest absolute Gasteiger partial charge is 0.251 e. The first kappa shape index (κ1) is 21.8. The summed E-state index contributed by atoms with van der Waals surface area (Å²) < 4.78 is 22.2. The van der Waals surface area contributed by atoms with Crippen molar-refractivity contribution in [2.45, 2.75) is 25.8 Å². The van der Waals surface area contributed by atoms with Gasteiger partial charge in [-0.1, -0.05) is 0 Å². The van der Waals surface area contributed by atoms with Crippen molar-refractivity contribution in [2.24, 2.45) is 0 Å². The Bertz CT molecular complexity index is 1080. The van der Waals surface area contributed by atoms with Crippen molar-refractivity contribution in [1.82, 2.24) is 24.8 Å². The highest BCUT2D eigenvalue weighted by Crippen LogP contribution is 2.31. The largest absolute Gasteiger partial charge is 0.395 e. The fraction of sp³-hybridized carbons (Fsp3) is 0.364. The van der Waals surface area contributed by atoms with Gasteiger partial charge < -0.3 is 25.0 Å². The van der Waals surface area contributed by atoms with Gasteiger partial charge in [-0.05, 0) is 44.0 Å². The molecule has 0 aliphatic carbocycles. The SMILES string of the molecule is Cc1ncc(-c2nc(Nc3ccc(C(=O)NCCO)cc3)ncc2F)n1C1CCOCC1. The van der Waals surface area contributed by atoms with E-state index in [0.29, 0.717) is 30.2 Å². The number of imidazole rings is 1. The number of rotatable bonds is 7. The van der Waals surface area contributed by atoms with Gasteiger partial charge in [0.2, 0.25) is 5.95 Å². The maximum Gasteiger partial charge on any atom is 0.251 e. The highest BCUT2D eigenvalue weighted by molar-refractivity contribution is 5.94. The molecule has 1 fully saturated rings. The normalized spacial score (nSPS) is 14.3. The standard InChI is InChI=1S/C22H25FN6O3/c1-14-25-13-19(29(14)17-6-10-32-11-7-17)20-18(23)12-26-22(28-20)27-16-4-2-15(3-5-16)21(31)24-8-9-30/h2-5,12-13,17,30H,6-11H2,1H3,(H,24,31)(H,26,27,28). The molecule has 1 aliphatic heterocycles. The van der Waals surface area contributed by atoms with E-state index < -0.39 is 5.82 Å². The first-order valence-electron chi connectivity index (χ1n) is 10.5. The second-order valence-corrected chi connectivity index (χ2v) is 7.48. The molecule has 0 saturated carbocycles. The molecular formula is C22H25FN6O3. The summed E-state index contributed by atoms with van der Waals surface area (Å²) in [6, 6.07) is 6.87. The van der Waals surface area contributed by atoms with Crippen LogP contribution in [0.15, 0.2) is 36.7 Å². The van der Waals surface area contributed by atoms with E-state index in [1.165, 1.54) is 0 Å². The lowest BCUT2D eigenvalue weighted by molar-refractivity contribution is 0.0694. The Kier molecular flexibility index (Phi) is 6.72. The molecule has 3 N–H and O–H groups in total. The van der Waals surface area contributed by atoms with Crippen molar-refractivity contribution in [3.05, 3.63) is 53.9 Å². The lowest BCUT2D eigenvalue weighted by Gasteiger charge is -2.26. The summed E-state index contributed by atoms with van der Waals surface area (Å²) >= 11 is 0. The van der Waals surface area contributed by atoms with E-state index in [9.17, 15) is 9.18 Å². The quantitative estimate of drug-likeness (QED) is 0.517. The maximum absolute atomic E-state index is 14.7. The molecule has 2 aromatic heterocycles. The third-order valence-corrected chi connectivity index (χ3v) is 5.33. The number of ether oxygens (including phenoxy) is 1. The fourth-order valence-electron chi connectivity index (χ4n) is 3.75. The number of halogens is 1. The van der Waals surface area contributed by atoms with Crippen LogP contribution in [0.3, 0.4) is 0 Å². The average Bonchev–Trinajstić information content (AvgIpc) is 3.21. The summed E-state index contributed by atoms with van der Waals surface area (Å²) in [5.41, 5.74) is 1.89. The Morgan fingerprint density at radius 2 is 1.97 bits per heavy atom. The number of anilines is 2. The van der Waals surface area contributed by atoms with Gasteiger partial charge in [0, 0.05) is 37.1 Å². The summed E-state index contributed by atoms with van der Waals surface area (Å²) in [4.78, 5) is 24.8. The van der Waals surface area contributed by atoms with Gasteiger partial charge in [-0.3, -0.25) is 4.79 Å². The number of benzene rings is 1. The van der Waals surface area contributed by atoms with Crippen molar-refractivity contribution in [3.8, 4) is 11.4 Å². The van der Waals surface area contributed by atoms with E-state index >= 15 is 0 Å². The van der Waals surface area contributed by atoms with Crippen LogP contribution in [-0.4, -0.2) is 56.9 Å². The number of carbonyl (C=O) groups is 1. The molecular weight excluding hydrogens is 415 g/mol. The second kappa shape index (κ2) is 9.84.